The number of halogens is 1. The van der Waals surface area contributed by atoms with E-state index in [9.17, 15) is 14.9 Å². The van der Waals surface area contributed by atoms with Gasteiger partial charge in [-0.25, -0.2) is 4.68 Å². The highest BCUT2D eigenvalue weighted by atomic mass is 79.9. The maximum atomic E-state index is 12.4. The number of nitro groups is 1. The third kappa shape index (κ3) is 3.65. The third-order valence-electron chi connectivity index (χ3n) is 3.79. The zero-order valence-corrected chi connectivity index (χ0v) is 15.6. The van der Waals surface area contributed by atoms with Gasteiger partial charge in [-0.2, -0.15) is 5.10 Å². The van der Waals surface area contributed by atoms with Crippen molar-refractivity contribution in [3.8, 4) is 5.69 Å². The van der Waals surface area contributed by atoms with E-state index in [-0.39, 0.29) is 11.6 Å². The van der Waals surface area contributed by atoms with E-state index in [1.54, 1.807) is 28.9 Å². The number of anilines is 1. The summed E-state index contributed by atoms with van der Waals surface area (Å²) < 4.78 is 2.37. The normalized spacial score (nSPS) is 10.6. The van der Waals surface area contributed by atoms with E-state index in [1.807, 2.05) is 19.9 Å². The first-order chi connectivity index (χ1) is 12.3. The van der Waals surface area contributed by atoms with E-state index in [4.69, 9.17) is 0 Å². The lowest BCUT2D eigenvalue weighted by Gasteiger charge is -2.09. The van der Waals surface area contributed by atoms with Gasteiger partial charge in [0.15, 0.2) is 0 Å². The summed E-state index contributed by atoms with van der Waals surface area (Å²) >= 11 is 3.28. The van der Waals surface area contributed by atoms with Crippen LogP contribution in [0.4, 0.5) is 11.4 Å². The molecule has 1 N–H and O–H groups in total. The van der Waals surface area contributed by atoms with Gasteiger partial charge in [0.05, 0.1) is 22.0 Å². The topological polar surface area (TPSA) is 90.1 Å². The Bertz CT molecular complexity index is 996. The minimum atomic E-state index is -0.509. The zero-order valence-electron chi connectivity index (χ0n) is 14.1. The van der Waals surface area contributed by atoms with Gasteiger partial charge >= 0.3 is 0 Å². The molecule has 0 unspecified atom stereocenters. The highest BCUT2D eigenvalue weighted by Gasteiger charge is 2.13. The monoisotopic (exact) mass is 414 g/mol. The number of carbonyl (C=O) groups excluding carboxylic acids is 1. The number of hydrogen-bond donors (Lipinski definition) is 1. The Balaban J connectivity index is 1.82. The van der Waals surface area contributed by atoms with Crippen LogP contribution in [0, 0.1) is 24.0 Å². The van der Waals surface area contributed by atoms with Crippen molar-refractivity contribution in [3.05, 3.63) is 80.1 Å². The van der Waals surface area contributed by atoms with E-state index in [0.717, 1.165) is 17.1 Å². The van der Waals surface area contributed by atoms with Gasteiger partial charge in [-0.3, -0.25) is 14.9 Å². The van der Waals surface area contributed by atoms with E-state index in [2.05, 4.69) is 26.3 Å². The first kappa shape index (κ1) is 17.8. The van der Waals surface area contributed by atoms with Crippen molar-refractivity contribution < 1.29 is 9.72 Å². The Morgan fingerprint density at radius 3 is 2.42 bits per heavy atom. The van der Waals surface area contributed by atoms with Crippen molar-refractivity contribution in [1.29, 1.82) is 0 Å². The van der Waals surface area contributed by atoms with E-state index in [1.165, 1.54) is 18.2 Å². The van der Waals surface area contributed by atoms with Gasteiger partial charge in [0.1, 0.15) is 0 Å². The van der Waals surface area contributed by atoms with Crippen LogP contribution in [-0.2, 0) is 0 Å². The Kier molecular flexibility index (Phi) is 4.85. The summed E-state index contributed by atoms with van der Waals surface area (Å²) in [5.74, 6) is -0.355. The van der Waals surface area contributed by atoms with Crippen LogP contribution in [0.3, 0.4) is 0 Å². The molecule has 0 aliphatic rings. The fourth-order valence-electron chi connectivity index (χ4n) is 2.56. The van der Waals surface area contributed by atoms with Crippen LogP contribution in [0.5, 0.6) is 0 Å². The van der Waals surface area contributed by atoms with Crippen LogP contribution in [0.1, 0.15) is 21.7 Å². The van der Waals surface area contributed by atoms with Gasteiger partial charge in [0.25, 0.3) is 11.6 Å². The van der Waals surface area contributed by atoms with Crippen LogP contribution < -0.4 is 5.32 Å². The van der Waals surface area contributed by atoms with Crippen molar-refractivity contribution in [2.75, 3.05) is 5.32 Å². The Hall–Kier alpha value is -3.00. The molecule has 8 heteroatoms. The second-order valence-corrected chi connectivity index (χ2v) is 6.62. The van der Waals surface area contributed by atoms with Crippen LogP contribution in [0.25, 0.3) is 5.69 Å². The van der Waals surface area contributed by atoms with E-state index >= 15 is 0 Å². The highest BCUT2D eigenvalue weighted by Crippen LogP contribution is 2.27. The molecule has 7 nitrogen and oxygen atoms in total. The number of aromatic nitrogens is 2. The standard InChI is InChI=1S/C18H15BrN4O3/c1-11-9-12(2)22(21-11)14-5-3-13(4-6-14)18(24)20-17-10-15(23(25)26)7-8-16(17)19/h3-10H,1-2H3,(H,20,24). The average molecular weight is 415 g/mol. The molecule has 1 aromatic heterocycles. The van der Waals surface area contributed by atoms with Gasteiger partial charge in [0, 0.05) is 27.9 Å². The number of nitrogens with one attached hydrogen (secondary N) is 1. The Morgan fingerprint density at radius 1 is 1.15 bits per heavy atom. The third-order valence-corrected chi connectivity index (χ3v) is 4.48. The van der Waals surface area contributed by atoms with Crippen LogP contribution in [0.2, 0.25) is 0 Å². The summed E-state index contributed by atoms with van der Waals surface area (Å²) in [5.41, 5.74) is 3.45. The fourth-order valence-corrected chi connectivity index (χ4v) is 2.91. The number of aryl methyl sites for hydroxylation is 2. The number of benzene rings is 2. The van der Waals surface area contributed by atoms with Gasteiger partial charge in [-0.05, 0) is 66.2 Å². The SMILES string of the molecule is Cc1cc(C)n(-c2ccc(C(=O)Nc3cc([N+](=O)[O-])ccc3Br)cc2)n1. The molecule has 1 amide bonds. The molecular formula is C18H15BrN4O3. The van der Waals surface area contributed by atoms with Crippen LogP contribution in [0.15, 0.2) is 53.0 Å². The number of non-ortho nitro benzene ring substituents is 1. The molecule has 3 rings (SSSR count). The van der Waals surface area contributed by atoms with E-state index in [0.29, 0.717) is 15.7 Å². The molecule has 3 aromatic rings. The second kappa shape index (κ2) is 7.09. The first-order valence-corrected chi connectivity index (χ1v) is 8.53. The van der Waals surface area contributed by atoms with Crippen molar-refractivity contribution in [1.82, 2.24) is 9.78 Å². The number of amides is 1. The van der Waals surface area contributed by atoms with Gasteiger partial charge < -0.3 is 5.32 Å². The fraction of sp³-hybridized carbons (Fsp3) is 0.111. The number of rotatable bonds is 4. The maximum Gasteiger partial charge on any atom is 0.271 e. The van der Waals surface area contributed by atoms with Crippen molar-refractivity contribution >= 4 is 33.2 Å². The highest BCUT2D eigenvalue weighted by molar-refractivity contribution is 9.10. The van der Waals surface area contributed by atoms with Crippen LogP contribution >= 0.6 is 15.9 Å². The summed E-state index contributed by atoms with van der Waals surface area (Å²) in [7, 11) is 0. The lowest BCUT2D eigenvalue weighted by Crippen LogP contribution is -2.12. The molecule has 132 valence electrons. The predicted molar refractivity (Wildman–Crippen MR) is 102 cm³/mol. The molecule has 1 heterocycles. The minimum Gasteiger partial charge on any atom is -0.321 e. The number of hydrogen-bond acceptors (Lipinski definition) is 4. The molecule has 0 radical (unpaired) electrons. The van der Waals surface area contributed by atoms with Crippen molar-refractivity contribution in [2.24, 2.45) is 0 Å². The number of nitrogens with zero attached hydrogens (tertiary/aromatic N) is 3. The molecule has 2 aromatic carbocycles. The summed E-state index contributed by atoms with van der Waals surface area (Å²) in [6.45, 7) is 3.88. The van der Waals surface area contributed by atoms with Crippen molar-refractivity contribution in [3.63, 3.8) is 0 Å². The van der Waals surface area contributed by atoms with Gasteiger partial charge in [-0.1, -0.05) is 0 Å². The van der Waals surface area contributed by atoms with Crippen LogP contribution in [-0.4, -0.2) is 20.6 Å². The smallest absolute Gasteiger partial charge is 0.271 e. The number of carbonyl (C=O) groups is 1. The summed E-state index contributed by atoms with van der Waals surface area (Å²) in [6.07, 6.45) is 0. The molecule has 0 saturated carbocycles. The molecule has 0 fully saturated rings. The second-order valence-electron chi connectivity index (χ2n) is 5.76. The molecule has 0 aliphatic carbocycles. The Labute approximate surface area is 157 Å². The molecule has 0 atom stereocenters. The average Bonchev–Trinajstić information content (AvgIpc) is 2.95. The molecular weight excluding hydrogens is 400 g/mol. The van der Waals surface area contributed by atoms with Crippen molar-refractivity contribution in [2.45, 2.75) is 13.8 Å². The largest absolute Gasteiger partial charge is 0.321 e. The zero-order chi connectivity index (χ0) is 18.8. The minimum absolute atomic E-state index is 0.0941. The summed E-state index contributed by atoms with van der Waals surface area (Å²) in [5, 5.41) is 18.0. The number of nitro benzene ring substituents is 1. The molecule has 0 spiro atoms. The maximum absolute atomic E-state index is 12.4. The Morgan fingerprint density at radius 2 is 1.85 bits per heavy atom. The molecule has 0 saturated heterocycles. The van der Waals surface area contributed by atoms with Gasteiger partial charge in [-0.15, -0.1) is 0 Å². The molecule has 26 heavy (non-hydrogen) atoms. The summed E-state index contributed by atoms with van der Waals surface area (Å²) in [4.78, 5) is 22.8. The quantitative estimate of drug-likeness (QED) is 0.505. The van der Waals surface area contributed by atoms with Gasteiger partial charge in [0.2, 0.25) is 0 Å². The first-order valence-electron chi connectivity index (χ1n) is 7.74. The lowest BCUT2D eigenvalue weighted by molar-refractivity contribution is -0.384. The predicted octanol–water partition coefficient (Wildman–Crippen LogP) is 4.41. The lowest BCUT2D eigenvalue weighted by atomic mass is 10.2. The summed E-state index contributed by atoms with van der Waals surface area (Å²) in [6, 6.07) is 13.2. The van der Waals surface area contributed by atoms with E-state index < -0.39 is 4.92 Å². The molecule has 0 bridgehead atoms. The molecule has 0 aliphatic heterocycles.